The van der Waals surface area contributed by atoms with Crippen LogP contribution in [0.2, 0.25) is 0 Å². The second-order valence-electron chi connectivity index (χ2n) is 2.61. The molecule has 0 heterocycles. The van der Waals surface area contributed by atoms with Crippen molar-refractivity contribution in [2.75, 3.05) is 23.5 Å². The summed E-state index contributed by atoms with van der Waals surface area (Å²) < 4.78 is 11.1. The summed E-state index contributed by atoms with van der Waals surface area (Å²) in [6.45, 7) is 1.95. The molecule has 2 unspecified atom stereocenters. The average Bonchev–Trinajstić information content (AvgIpc) is 1.97. The van der Waals surface area contributed by atoms with Crippen molar-refractivity contribution in [3.8, 4) is 0 Å². The molecule has 0 amide bonds. The molecule has 0 saturated heterocycles. The number of nitrogens with two attached hydrogens (primary N) is 1. The highest BCUT2D eigenvalue weighted by Gasteiger charge is 2.00. The van der Waals surface area contributed by atoms with Crippen molar-refractivity contribution in [2.45, 2.75) is 19.4 Å². The quantitative estimate of drug-likeness (QED) is 0.683. The first-order valence-electron chi connectivity index (χ1n) is 3.76. The van der Waals surface area contributed by atoms with Crippen LogP contribution in [-0.2, 0) is 10.8 Å². The fourth-order valence-electron chi connectivity index (χ4n) is 0.596. The standard InChI is InChI=1S/C7H17NOS2/c1-7(8)3-5-11(9)6-4-10-2/h7H,3-6,8H2,1-2H3. The molecule has 0 aromatic carbocycles. The molecule has 0 bridgehead atoms. The van der Waals surface area contributed by atoms with Gasteiger partial charge in [-0.05, 0) is 19.6 Å². The lowest BCUT2D eigenvalue weighted by atomic mass is 10.3. The van der Waals surface area contributed by atoms with Crippen LogP contribution in [-0.4, -0.2) is 33.8 Å². The van der Waals surface area contributed by atoms with E-state index in [-0.39, 0.29) is 6.04 Å². The van der Waals surface area contributed by atoms with Gasteiger partial charge in [-0.2, -0.15) is 11.8 Å². The summed E-state index contributed by atoms with van der Waals surface area (Å²) in [6, 6.07) is 0.188. The predicted octanol–water partition coefficient (Wildman–Crippen LogP) is 0.835. The molecule has 2 atom stereocenters. The minimum absolute atomic E-state index is 0.188. The highest BCUT2D eigenvalue weighted by Crippen LogP contribution is 1.96. The van der Waals surface area contributed by atoms with Gasteiger partial charge in [0.2, 0.25) is 0 Å². The first-order valence-corrected chi connectivity index (χ1v) is 6.64. The van der Waals surface area contributed by atoms with Crippen LogP contribution in [0.4, 0.5) is 0 Å². The van der Waals surface area contributed by atoms with E-state index in [0.717, 1.165) is 23.7 Å². The third-order valence-electron chi connectivity index (χ3n) is 1.32. The zero-order chi connectivity index (χ0) is 8.69. The monoisotopic (exact) mass is 195 g/mol. The summed E-state index contributed by atoms with van der Waals surface area (Å²) in [5, 5.41) is 0. The minimum atomic E-state index is -0.641. The van der Waals surface area contributed by atoms with Gasteiger partial charge >= 0.3 is 0 Å². The van der Waals surface area contributed by atoms with Gasteiger partial charge in [0.25, 0.3) is 0 Å². The van der Waals surface area contributed by atoms with E-state index < -0.39 is 10.8 Å². The molecule has 0 aromatic heterocycles. The molecule has 0 aromatic rings. The molecular weight excluding hydrogens is 178 g/mol. The summed E-state index contributed by atoms with van der Waals surface area (Å²) in [5.41, 5.74) is 5.53. The van der Waals surface area contributed by atoms with Crippen LogP contribution in [0, 0.1) is 0 Å². The van der Waals surface area contributed by atoms with Crippen LogP contribution < -0.4 is 5.73 Å². The molecule has 68 valence electrons. The Hall–Kier alpha value is 0.460. The van der Waals surface area contributed by atoms with Gasteiger partial charge < -0.3 is 5.73 Å². The minimum Gasteiger partial charge on any atom is -0.328 e. The van der Waals surface area contributed by atoms with Gasteiger partial charge in [0, 0.05) is 34.1 Å². The van der Waals surface area contributed by atoms with Crippen LogP contribution in [0.5, 0.6) is 0 Å². The Morgan fingerprint density at radius 1 is 1.55 bits per heavy atom. The number of thioether (sulfide) groups is 1. The Morgan fingerprint density at radius 3 is 2.64 bits per heavy atom. The van der Waals surface area contributed by atoms with Crippen LogP contribution in [0.25, 0.3) is 0 Å². The number of hydrogen-bond acceptors (Lipinski definition) is 3. The van der Waals surface area contributed by atoms with Crippen LogP contribution in [0.3, 0.4) is 0 Å². The van der Waals surface area contributed by atoms with Gasteiger partial charge in [-0.25, -0.2) is 0 Å². The largest absolute Gasteiger partial charge is 0.328 e. The lowest BCUT2D eigenvalue weighted by Crippen LogP contribution is -2.18. The molecule has 0 saturated carbocycles. The second kappa shape index (κ2) is 7.13. The van der Waals surface area contributed by atoms with E-state index in [1.165, 1.54) is 0 Å². The Labute approximate surface area is 75.8 Å². The summed E-state index contributed by atoms with van der Waals surface area (Å²) in [5.74, 6) is 2.57. The molecule has 2 N–H and O–H groups in total. The van der Waals surface area contributed by atoms with E-state index >= 15 is 0 Å². The summed E-state index contributed by atoms with van der Waals surface area (Å²) in [4.78, 5) is 0. The Bertz CT molecular complexity index is 117. The molecule has 4 heteroatoms. The lowest BCUT2D eigenvalue weighted by molar-refractivity contribution is 0.669. The van der Waals surface area contributed by atoms with Gasteiger partial charge in [-0.1, -0.05) is 0 Å². The zero-order valence-electron chi connectivity index (χ0n) is 7.21. The molecule has 0 fully saturated rings. The zero-order valence-corrected chi connectivity index (χ0v) is 8.84. The van der Waals surface area contributed by atoms with E-state index in [4.69, 9.17) is 5.73 Å². The third kappa shape index (κ3) is 8.37. The SMILES string of the molecule is CSCCS(=O)CCC(C)N. The molecule has 0 aliphatic rings. The van der Waals surface area contributed by atoms with Crippen molar-refractivity contribution in [3.63, 3.8) is 0 Å². The van der Waals surface area contributed by atoms with Crippen LogP contribution in [0.1, 0.15) is 13.3 Å². The molecule has 0 aliphatic carbocycles. The van der Waals surface area contributed by atoms with Crippen molar-refractivity contribution in [1.82, 2.24) is 0 Å². The first-order chi connectivity index (χ1) is 5.16. The maximum absolute atomic E-state index is 11.1. The van der Waals surface area contributed by atoms with E-state index in [1.807, 2.05) is 13.2 Å². The molecule has 0 radical (unpaired) electrons. The summed E-state index contributed by atoms with van der Waals surface area (Å²) in [7, 11) is -0.641. The van der Waals surface area contributed by atoms with Gasteiger partial charge in [-0.15, -0.1) is 0 Å². The van der Waals surface area contributed by atoms with Gasteiger partial charge in [0.1, 0.15) is 0 Å². The van der Waals surface area contributed by atoms with E-state index in [0.29, 0.717) is 0 Å². The van der Waals surface area contributed by atoms with Crippen molar-refractivity contribution in [3.05, 3.63) is 0 Å². The summed E-state index contributed by atoms with van der Waals surface area (Å²) >= 11 is 1.74. The lowest BCUT2D eigenvalue weighted by Gasteiger charge is -2.03. The van der Waals surface area contributed by atoms with Gasteiger partial charge in [0.05, 0.1) is 0 Å². The number of rotatable bonds is 6. The van der Waals surface area contributed by atoms with E-state index in [9.17, 15) is 4.21 Å². The molecular formula is C7H17NOS2. The van der Waals surface area contributed by atoms with Crippen molar-refractivity contribution in [1.29, 1.82) is 0 Å². The molecule has 0 spiro atoms. The fraction of sp³-hybridized carbons (Fsp3) is 1.00. The smallest absolute Gasteiger partial charge is 0.0325 e. The van der Waals surface area contributed by atoms with E-state index in [2.05, 4.69) is 0 Å². The maximum atomic E-state index is 11.1. The van der Waals surface area contributed by atoms with E-state index in [1.54, 1.807) is 11.8 Å². The second-order valence-corrected chi connectivity index (χ2v) is 5.29. The van der Waals surface area contributed by atoms with Crippen molar-refractivity contribution in [2.24, 2.45) is 5.73 Å². The third-order valence-corrected chi connectivity index (χ3v) is 3.54. The predicted molar refractivity (Wildman–Crippen MR) is 54.5 cm³/mol. The summed E-state index contributed by atoms with van der Waals surface area (Å²) in [6.07, 6.45) is 2.91. The molecule has 2 nitrogen and oxygen atoms in total. The van der Waals surface area contributed by atoms with Gasteiger partial charge in [-0.3, -0.25) is 4.21 Å². The molecule has 0 rings (SSSR count). The average molecular weight is 195 g/mol. The van der Waals surface area contributed by atoms with Gasteiger partial charge in [0.15, 0.2) is 0 Å². The normalized spacial score (nSPS) is 16.3. The first kappa shape index (κ1) is 11.5. The van der Waals surface area contributed by atoms with Crippen molar-refractivity contribution < 1.29 is 4.21 Å². The fourth-order valence-corrected chi connectivity index (χ4v) is 2.84. The Balaban J connectivity index is 3.23. The highest BCUT2D eigenvalue weighted by atomic mass is 32.2. The molecule has 11 heavy (non-hydrogen) atoms. The Kier molecular flexibility index (Phi) is 7.43. The number of hydrogen-bond donors (Lipinski definition) is 1. The Morgan fingerprint density at radius 2 is 2.18 bits per heavy atom. The van der Waals surface area contributed by atoms with Crippen LogP contribution >= 0.6 is 11.8 Å². The van der Waals surface area contributed by atoms with Crippen LogP contribution in [0.15, 0.2) is 0 Å². The topological polar surface area (TPSA) is 43.1 Å². The molecule has 0 aliphatic heterocycles. The highest BCUT2D eigenvalue weighted by molar-refractivity contribution is 7.99. The maximum Gasteiger partial charge on any atom is 0.0325 e. The van der Waals surface area contributed by atoms with Crippen molar-refractivity contribution >= 4 is 22.6 Å².